The maximum Gasteiger partial charge on any atom is 0.241 e. The van der Waals surface area contributed by atoms with Crippen LogP contribution in [0.2, 0.25) is 0 Å². The van der Waals surface area contributed by atoms with Crippen molar-refractivity contribution in [3.05, 3.63) is 35.4 Å². The van der Waals surface area contributed by atoms with Crippen LogP contribution >= 0.6 is 12.2 Å². The molecule has 7 nitrogen and oxygen atoms in total. The molecule has 0 aromatic heterocycles. The number of imide groups is 1. The Balaban J connectivity index is 2.15. The van der Waals surface area contributed by atoms with Gasteiger partial charge in [0.1, 0.15) is 4.99 Å². The van der Waals surface area contributed by atoms with Gasteiger partial charge >= 0.3 is 0 Å². The smallest absolute Gasteiger partial charge is 0.241 e. The second-order valence-corrected chi connectivity index (χ2v) is 6.97. The molecule has 0 spiro atoms. The average molecular weight is 327 g/mol. The van der Waals surface area contributed by atoms with E-state index >= 15 is 0 Å². The number of benzene rings is 1. The number of nitrogens with one attached hydrogen (secondary N) is 1. The minimum absolute atomic E-state index is 0.225. The average Bonchev–Trinajstić information content (AvgIpc) is 2.37. The van der Waals surface area contributed by atoms with Crippen molar-refractivity contribution in [2.24, 2.45) is 5.73 Å². The van der Waals surface area contributed by atoms with Crippen molar-refractivity contribution < 1.29 is 18.0 Å². The van der Waals surface area contributed by atoms with Gasteiger partial charge in [-0.1, -0.05) is 36.5 Å². The van der Waals surface area contributed by atoms with Gasteiger partial charge in [0, 0.05) is 5.56 Å². The molecule has 0 radical (unpaired) electrons. The van der Waals surface area contributed by atoms with Gasteiger partial charge in [0.05, 0.1) is 18.8 Å². The lowest BCUT2D eigenvalue weighted by Crippen LogP contribution is -2.53. The Morgan fingerprint density at radius 3 is 2.19 bits per heavy atom. The predicted molar refractivity (Wildman–Crippen MR) is 79.7 cm³/mol. The van der Waals surface area contributed by atoms with Crippen LogP contribution in [0.5, 0.6) is 0 Å². The van der Waals surface area contributed by atoms with E-state index in [1.54, 1.807) is 24.3 Å². The molecule has 1 aliphatic rings. The zero-order chi connectivity index (χ0) is 15.6. The van der Waals surface area contributed by atoms with Crippen LogP contribution in [-0.4, -0.2) is 42.6 Å². The maximum atomic E-state index is 12.2. The summed E-state index contributed by atoms with van der Waals surface area (Å²) in [6.45, 7) is -0.696. The molecule has 21 heavy (non-hydrogen) atoms. The lowest BCUT2D eigenvalue weighted by Gasteiger charge is -2.24. The highest BCUT2D eigenvalue weighted by molar-refractivity contribution is 7.88. The topological polar surface area (TPSA) is 110 Å². The Kier molecular flexibility index (Phi) is 4.35. The monoisotopic (exact) mass is 327 g/mol. The molecular weight excluding hydrogens is 314 g/mol. The van der Waals surface area contributed by atoms with Crippen LogP contribution in [0, 0.1) is 0 Å². The quantitative estimate of drug-likeness (QED) is 0.548. The predicted octanol–water partition coefficient (Wildman–Crippen LogP) is -0.891. The number of nitrogens with two attached hydrogens (primary N) is 1. The van der Waals surface area contributed by atoms with Gasteiger partial charge in [-0.3, -0.25) is 14.9 Å². The molecule has 1 aromatic rings. The Morgan fingerprint density at radius 2 is 1.71 bits per heavy atom. The summed E-state index contributed by atoms with van der Waals surface area (Å²) in [5, 5.41) is 2.05. The molecule has 1 saturated heterocycles. The number of rotatable bonds is 4. The Labute approximate surface area is 127 Å². The standard InChI is InChI=1S/C12H13N3O4S2/c13-12(20)9-3-1-8(2-4-9)7-21(18,19)15-5-10(16)14-11(17)6-15/h1-4H,5-7H2,(H2,13,20)(H,14,16,17). The molecule has 0 saturated carbocycles. The van der Waals surface area contributed by atoms with Crippen molar-refractivity contribution in [1.82, 2.24) is 9.62 Å². The van der Waals surface area contributed by atoms with Gasteiger partial charge in [-0.05, 0) is 5.56 Å². The van der Waals surface area contributed by atoms with Crippen LogP contribution in [0.25, 0.3) is 0 Å². The van der Waals surface area contributed by atoms with Crippen LogP contribution in [-0.2, 0) is 25.4 Å². The normalized spacial score (nSPS) is 16.6. The third-order valence-corrected chi connectivity index (χ3v) is 4.88. The highest BCUT2D eigenvalue weighted by atomic mass is 32.2. The van der Waals surface area contributed by atoms with Crippen molar-refractivity contribution in [2.75, 3.05) is 13.1 Å². The van der Waals surface area contributed by atoms with Crippen LogP contribution in [0.1, 0.15) is 11.1 Å². The van der Waals surface area contributed by atoms with Gasteiger partial charge < -0.3 is 5.73 Å². The molecule has 0 atom stereocenters. The fraction of sp³-hybridized carbons (Fsp3) is 0.250. The van der Waals surface area contributed by atoms with Crippen LogP contribution in [0.15, 0.2) is 24.3 Å². The van der Waals surface area contributed by atoms with Gasteiger partial charge in [0.2, 0.25) is 21.8 Å². The van der Waals surface area contributed by atoms with Gasteiger partial charge in [0.25, 0.3) is 0 Å². The molecule has 0 unspecified atom stereocenters. The minimum Gasteiger partial charge on any atom is -0.389 e. The number of hydrogen-bond acceptors (Lipinski definition) is 5. The zero-order valence-electron chi connectivity index (χ0n) is 10.9. The molecular formula is C12H13N3O4S2. The van der Waals surface area contributed by atoms with E-state index in [4.69, 9.17) is 18.0 Å². The molecule has 1 aliphatic heterocycles. The molecule has 0 aliphatic carbocycles. The van der Waals surface area contributed by atoms with Crippen molar-refractivity contribution >= 4 is 39.0 Å². The first kappa shape index (κ1) is 15.5. The van der Waals surface area contributed by atoms with Crippen molar-refractivity contribution in [3.8, 4) is 0 Å². The van der Waals surface area contributed by atoms with E-state index in [2.05, 4.69) is 5.32 Å². The van der Waals surface area contributed by atoms with Crippen molar-refractivity contribution in [1.29, 1.82) is 0 Å². The largest absolute Gasteiger partial charge is 0.389 e. The summed E-state index contributed by atoms with van der Waals surface area (Å²) in [5.41, 5.74) is 6.62. The number of nitrogens with zero attached hydrogens (tertiary/aromatic N) is 1. The lowest BCUT2D eigenvalue weighted by molar-refractivity contribution is -0.134. The fourth-order valence-electron chi connectivity index (χ4n) is 1.87. The van der Waals surface area contributed by atoms with Gasteiger partial charge in [-0.2, -0.15) is 4.31 Å². The number of carbonyl (C=O) groups excluding carboxylic acids is 2. The lowest BCUT2D eigenvalue weighted by atomic mass is 10.1. The summed E-state index contributed by atoms with van der Waals surface area (Å²) in [5.74, 6) is -1.55. The summed E-state index contributed by atoms with van der Waals surface area (Å²) in [7, 11) is -3.75. The number of sulfonamides is 1. The fourth-order valence-corrected chi connectivity index (χ4v) is 3.43. The van der Waals surface area contributed by atoms with E-state index in [0.717, 1.165) is 4.31 Å². The molecule has 3 N–H and O–H groups in total. The summed E-state index contributed by atoms with van der Waals surface area (Å²) >= 11 is 4.81. The highest BCUT2D eigenvalue weighted by Gasteiger charge is 2.31. The van der Waals surface area contributed by atoms with E-state index in [9.17, 15) is 18.0 Å². The van der Waals surface area contributed by atoms with Crippen LogP contribution in [0.4, 0.5) is 0 Å². The van der Waals surface area contributed by atoms with Crippen molar-refractivity contribution in [2.45, 2.75) is 5.75 Å². The number of piperazine rings is 1. The minimum atomic E-state index is -3.75. The molecule has 112 valence electrons. The van der Waals surface area contributed by atoms with E-state index < -0.39 is 21.8 Å². The summed E-state index contributed by atoms with van der Waals surface area (Å²) in [4.78, 5) is 22.7. The van der Waals surface area contributed by atoms with Crippen LogP contribution < -0.4 is 11.1 Å². The van der Waals surface area contributed by atoms with E-state index in [1.165, 1.54) is 0 Å². The Morgan fingerprint density at radius 1 is 1.19 bits per heavy atom. The summed E-state index contributed by atoms with van der Waals surface area (Å²) < 4.78 is 25.3. The SMILES string of the molecule is NC(=S)c1ccc(CS(=O)(=O)N2CC(=O)NC(=O)C2)cc1. The Bertz CT molecular complexity index is 682. The number of thiocarbonyl (C=S) groups is 1. The Hall–Kier alpha value is -1.84. The third kappa shape index (κ3) is 3.84. The number of hydrogen-bond donors (Lipinski definition) is 2. The first-order valence-corrected chi connectivity index (χ1v) is 7.99. The third-order valence-electron chi connectivity index (χ3n) is 2.90. The van der Waals surface area contributed by atoms with E-state index in [1.807, 2.05) is 0 Å². The van der Waals surface area contributed by atoms with Gasteiger partial charge in [0.15, 0.2) is 0 Å². The maximum absolute atomic E-state index is 12.2. The van der Waals surface area contributed by atoms with Crippen LogP contribution in [0.3, 0.4) is 0 Å². The molecule has 1 fully saturated rings. The first-order chi connectivity index (χ1) is 9.78. The zero-order valence-corrected chi connectivity index (χ0v) is 12.5. The highest BCUT2D eigenvalue weighted by Crippen LogP contribution is 2.13. The van der Waals surface area contributed by atoms with Crippen molar-refractivity contribution in [3.63, 3.8) is 0 Å². The molecule has 1 heterocycles. The number of carbonyl (C=O) groups is 2. The van der Waals surface area contributed by atoms with E-state index in [0.29, 0.717) is 11.1 Å². The second kappa shape index (κ2) is 5.88. The number of amides is 2. The molecule has 9 heteroatoms. The first-order valence-electron chi connectivity index (χ1n) is 5.97. The second-order valence-electron chi connectivity index (χ2n) is 4.56. The van der Waals surface area contributed by atoms with Gasteiger partial charge in [-0.15, -0.1) is 0 Å². The molecule has 0 bridgehead atoms. The molecule has 1 aromatic carbocycles. The molecule has 2 rings (SSSR count). The van der Waals surface area contributed by atoms with Gasteiger partial charge in [-0.25, -0.2) is 8.42 Å². The molecule has 2 amide bonds. The summed E-state index contributed by atoms with van der Waals surface area (Å²) in [6.07, 6.45) is 0. The summed E-state index contributed by atoms with van der Waals surface area (Å²) in [6, 6.07) is 6.44. The van der Waals surface area contributed by atoms with E-state index in [-0.39, 0.29) is 23.8 Å².